The molecule has 0 aromatic carbocycles. The van der Waals surface area contributed by atoms with Crippen molar-refractivity contribution in [1.29, 1.82) is 0 Å². The molecule has 0 amide bonds. The van der Waals surface area contributed by atoms with E-state index in [1.165, 1.54) is 0 Å². The Morgan fingerprint density at radius 3 is 2.72 bits per heavy atom. The molecule has 0 aliphatic carbocycles. The number of H-pyrrole nitrogens is 1. The van der Waals surface area contributed by atoms with Crippen LogP contribution in [-0.4, -0.2) is 22.6 Å². The lowest BCUT2D eigenvalue weighted by atomic mass is 10.1. The molecule has 2 heterocycles. The molecule has 2 rings (SSSR count). The van der Waals surface area contributed by atoms with E-state index in [2.05, 4.69) is 41.0 Å². The van der Waals surface area contributed by atoms with Gasteiger partial charge in [-0.05, 0) is 20.8 Å². The van der Waals surface area contributed by atoms with Crippen molar-refractivity contribution >= 4 is 22.8 Å². The maximum absolute atomic E-state index is 5.76. The van der Waals surface area contributed by atoms with Crippen LogP contribution in [0.1, 0.15) is 20.8 Å². The number of nitrogens with two attached hydrogens (primary N) is 1. The molecule has 0 fully saturated rings. The number of nitrogens with zero attached hydrogens (tertiary/aromatic N) is 2. The highest BCUT2D eigenvalue weighted by molar-refractivity contribution is 5.84. The summed E-state index contributed by atoms with van der Waals surface area (Å²) in [5.41, 5.74) is 7.09. The molecule has 18 heavy (non-hydrogen) atoms. The largest absolute Gasteiger partial charge is 0.495 e. The van der Waals surface area contributed by atoms with Gasteiger partial charge < -0.3 is 15.8 Å². The second kappa shape index (κ2) is 4.29. The van der Waals surface area contributed by atoms with Crippen molar-refractivity contribution < 1.29 is 9.72 Å². The molecule has 0 radical (unpaired) electrons. The molecule has 2 aromatic rings. The Bertz CT molecular complexity index is 576. The molecule has 0 atom stereocenters. The van der Waals surface area contributed by atoms with Gasteiger partial charge in [0, 0.05) is 6.07 Å². The van der Waals surface area contributed by atoms with E-state index in [-0.39, 0.29) is 5.54 Å². The van der Waals surface area contributed by atoms with E-state index < -0.39 is 0 Å². The lowest BCUT2D eigenvalue weighted by molar-refractivity contribution is -0.346. The van der Waals surface area contributed by atoms with Crippen molar-refractivity contribution in [3.63, 3.8) is 0 Å². The lowest BCUT2D eigenvalue weighted by Gasteiger charge is -2.18. The molecule has 0 aliphatic heterocycles. The topological polar surface area (TPSA) is 87.2 Å². The summed E-state index contributed by atoms with van der Waals surface area (Å²) in [6.45, 7) is 6.19. The molecular weight excluding hydrogens is 230 g/mol. The van der Waals surface area contributed by atoms with E-state index in [0.29, 0.717) is 17.2 Å². The van der Waals surface area contributed by atoms with Crippen molar-refractivity contribution in [1.82, 2.24) is 9.97 Å². The molecule has 0 unspecified atom stereocenters. The number of methoxy groups -OCH3 is 1. The third-order valence-electron chi connectivity index (χ3n) is 2.31. The van der Waals surface area contributed by atoms with Crippen LogP contribution in [-0.2, 0) is 0 Å². The third-order valence-corrected chi connectivity index (χ3v) is 2.31. The van der Waals surface area contributed by atoms with Crippen molar-refractivity contribution in [2.24, 2.45) is 0 Å². The number of ether oxygens (including phenoxy) is 1. The molecule has 0 saturated carbocycles. The van der Waals surface area contributed by atoms with Gasteiger partial charge >= 0.3 is 5.95 Å². The molecule has 96 valence electrons. The van der Waals surface area contributed by atoms with Crippen LogP contribution < -0.4 is 20.8 Å². The first-order valence-electron chi connectivity index (χ1n) is 5.70. The van der Waals surface area contributed by atoms with E-state index in [9.17, 15) is 0 Å². The number of fused-ring (bicyclic) bond motifs is 1. The quantitative estimate of drug-likeness (QED) is 0.835. The number of aromatic nitrogens is 3. The monoisotopic (exact) mass is 248 g/mol. The van der Waals surface area contributed by atoms with Crippen molar-refractivity contribution in [2.45, 2.75) is 26.3 Å². The Hall–Kier alpha value is -2.11. The van der Waals surface area contributed by atoms with Gasteiger partial charge in [-0.2, -0.15) is 0 Å². The standard InChI is InChI=1S/C12H17N5O/c1-12(2,3)17-10-9-8(15-11(13)16-10)5-7(18-4)6-14-9/h5-6H,1-4H3,(H3,13,15,16,17)/p+1. The van der Waals surface area contributed by atoms with E-state index in [1.54, 1.807) is 19.4 Å². The summed E-state index contributed by atoms with van der Waals surface area (Å²) < 4.78 is 5.13. The average Bonchev–Trinajstić information content (AvgIpc) is 2.25. The minimum atomic E-state index is -0.0984. The average molecular weight is 248 g/mol. The van der Waals surface area contributed by atoms with Gasteiger partial charge in [0.05, 0.1) is 18.8 Å². The smallest absolute Gasteiger partial charge is 0.343 e. The molecule has 2 aromatic heterocycles. The summed E-state index contributed by atoms with van der Waals surface area (Å²) >= 11 is 0. The van der Waals surface area contributed by atoms with Gasteiger partial charge in [0.15, 0.2) is 11.0 Å². The van der Waals surface area contributed by atoms with E-state index in [1.807, 2.05) is 0 Å². The predicted molar refractivity (Wildman–Crippen MR) is 70.4 cm³/mol. The Balaban J connectivity index is 2.59. The van der Waals surface area contributed by atoms with Crippen LogP contribution in [0.15, 0.2) is 12.3 Å². The van der Waals surface area contributed by atoms with Gasteiger partial charge in [-0.3, -0.25) is 0 Å². The van der Waals surface area contributed by atoms with E-state index in [0.717, 1.165) is 11.3 Å². The Labute approximate surface area is 106 Å². The summed E-state index contributed by atoms with van der Waals surface area (Å²) in [5.74, 6) is 1.75. The molecule has 0 bridgehead atoms. The summed E-state index contributed by atoms with van der Waals surface area (Å²) in [4.78, 5) is 11.6. The summed E-state index contributed by atoms with van der Waals surface area (Å²) in [5, 5.41) is 3.32. The number of pyridine rings is 1. The fraction of sp³-hybridized carbons (Fsp3) is 0.417. The molecule has 0 saturated heterocycles. The molecule has 0 spiro atoms. The first kappa shape index (κ1) is 12.3. The number of hydrogen-bond donors (Lipinski definition) is 2. The SMILES string of the molecule is COc1cnc2c(NC(C)(C)C)[nH+]c(N)nc2c1. The first-order chi connectivity index (χ1) is 8.39. The van der Waals surface area contributed by atoms with Crippen LogP contribution in [0.25, 0.3) is 11.0 Å². The Morgan fingerprint density at radius 1 is 1.39 bits per heavy atom. The number of hydrogen-bond acceptors (Lipinski definition) is 5. The normalized spacial score (nSPS) is 11.6. The van der Waals surface area contributed by atoms with Crippen molar-refractivity contribution in [3.8, 4) is 5.75 Å². The lowest BCUT2D eigenvalue weighted by Crippen LogP contribution is -2.31. The van der Waals surface area contributed by atoms with Gasteiger partial charge in [-0.1, -0.05) is 0 Å². The van der Waals surface area contributed by atoms with Crippen LogP contribution in [0, 0.1) is 0 Å². The highest BCUT2D eigenvalue weighted by atomic mass is 16.5. The van der Waals surface area contributed by atoms with Gasteiger partial charge in [0.25, 0.3) is 0 Å². The molecule has 6 heteroatoms. The maximum atomic E-state index is 5.76. The number of nitrogen functional groups attached to an aromatic ring is 1. The van der Waals surface area contributed by atoms with Crippen molar-refractivity contribution in [3.05, 3.63) is 12.3 Å². The van der Waals surface area contributed by atoms with E-state index in [4.69, 9.17) is 10.5 Å². The second-order valence-electron chi connectivity index (χ2n) is 5.11. The van der Waals surface area contributed by atoms with Gasteiger partial charge in [0.1, 0.15) is 5.75 Å². The van der Waals surface area contributed by atoms with Crippen molar-refractivity contribution in [2.75, 3.05) is 18.2 Å². The zero-order valence-electron chi connectivity index (χ0n) is 11.0. The molecule has 4 N–H and O–H groups in total. The zero-order chi connectivity index (χ0) is 13.3. The maximum Gasteiger partial charge on any atom is 0.343 e. The minimum Gasteiger partial charge on any atom is -0.495 e. The minimum absolute atomic E-state index is 0.0984. The van der Waals surface area contributed by atoms with Crippen LogP contribution in [0.2, 0.25) is 0 Å². The predicted octanol–water partition coefficient (Wildman–Crippen LogP) is 1.25. The Kier molecular flexibility index (Phi) is 2.94. The Morgan fingerprint density at radius 2 is 2.11 bits per heavy atom. The van der Waals surface area contributed by atoms with Gasteiger partial charge in [0.2, 0.25) is 5.82 Å². The van der Waals surface area contributed by atoms with Crippen LogP contribution in [0.3, 0.4) is 0 Å². The fourth-order valence-corrected chi connectivity index (χ4v) is 1.63. The number of nitrogens with one attached hydrogen (secondary N) is 2. The van der Waals surface area contributed by atoms with Crippen LogP contribution >= 0.6 is 0 Å². The van der Waals surface area contributed by atoms with Gasteiger partial charge in [-0.25, -0.2) is 9.97 Å². The highest BCUT2D eigenvalue weighted by Crippen LogP contribution is 2.22. The number of aromatic amines is 1. The second-order valence-corrected chi connectivity index (χ2v) is 5.11. The van der Waals surface area contributed by atoms with E-state index >= 15 is 0 Å². The van der Waals surface area contributed by atoms with Crippen LogP contribution in [0.4, 0.5) is 11.8 Å². The van der Waals surface area contributed by atoms with Crippen LogP contribution in [0.5, 0.6) is 5.75 Å². The molecule has 6 nitrogen and oxygen atoms in total. The summed E-state index contributed by atoms with van der Waals surface area (Å²) in [7, 11) is 1.59. The number of anilines is 2. The zero-order valence-corrected chi connectivity index (χ0v) is 11.0. The highest BCUT2D eigenvalue weighted by Gasteiger charge is 2.19. The third kappa shape index (κ3) is 2.58. The van der Waals surface area contributed by atoms with Gasteiger partial charge in [-0.15, -0.1) is 4.98 Å². The number of rotatable bonds is 2. The summed E-state index contributed by atoms with van der Waals surface area (Å²) in [6.07, 6.45) is 1.65. The first-order valence-corrected chi connectivity index (χ1v) is 5.70. The summed E-state index contributed by atoms with van der Waals surface area (Å²) in [6, 6.07) is 1.81. The molecular formula is C12H18N5O+. The fourth-order valence-electron chi connectivity index (χ4n) is 1.63. The molecule has 0 aliphatic rings.